The van der Waals surface area contributed by atoms with Crippen molar-refractivity contribution in [3.05, 3.63) is 53.6 Å². The van der Waals surface area contributed by atoms with Gasteiger partial charge in [-0.2, -0.15) is 0 Å². The summed E-state index contributed by atoms with van der Waals surface area (Å²) < 4.78 is 15.8. The summed E-state index contributed by atoms with van der Waals surface area (Å²) in [7, 11) is 4.49. The van der Waals surface area contributed by atoms with E-state index < -0.39 is 0 Å². The Morgan fingerprint density at radius 3 is 2.25 bits per heavy atom. The predicted octanol–water partition coefficient (Wildman–Crippen LogP) is 2.14. The summed E-state index contributed by atoms with van der Waals surface area (Å²) in [6.07, 6.45) is 0. The van der Waals surface area contributed by atoms with Crippen molar-refractivity contribution in [2.24, 2.45) is 5.73 Å². The Hall–Kier alpha value is -2.73. The maximum absolute atomic E-state index is 12.5. The number of hydrogen-bond acceptors (Lipinski definition) is 5. The van der Waals surface area contributed by atoms with Gasteiger partial charge in [-0.25, -0.2) is 0 Å². The number of hydrogen-bond donors (Lipinski definition) is 2. The topological polar surface area (TPSA) is 82.8 Å². The van der Waals surface area contributed by atoms with E-state index in [4.69, 9.17) is 19.9 Å². The zero-order valence-electron chi connectivity index (χ0n) is 14.0. The summed E-state index contributed by atoms with van der Waals surface area (Å²) in [5.74, 6) is 0.897. The lowest BCUT2D eigenvalue weighted by molar-refractivity contribution is 0.0947. The quantitative estimate of drug-likeness (QED) is 0.813. The number of ether oxygens (including phenoxy) is 3. The van der Waals surface area contributed by atoms with Crippen LogP contribution in [0.25, 0.3) is 0 Å². The molecule has 2 aromatic rings. The van der Waals surface area contributed by atoms with Crippen LogP contribution in [0.5, 0.6) is 17.2 Å². The SMILES string of the molecule is COc1ccc(C(=O)NCC(N)c2ccccc2)c(OC)c1OC. The number of amides is 1. The molecule has 0 bridgehead atoms. The number of nitrogens with two attached hydrogens (primary N) is 1. The van der Waals surface area contributed by atoms with Crippen LogP contribution >= 0.6 is 0 Å². The number of nitrogens with one attached hydrogen (secondary N) is 1. The summed E-state index contributed by atoms with van der Waals surface area (Å²) in [6.45, 7) is 0.306. The molecule has 1 unspecified atom stereocenters. The first-order chi connectivity index (χ1) is 11.6. The first-order valence-corrected chi connectivity index (χ1v) is 7.50. The summed E-state index contributed by atoms with van der Waals surface area (Å²) in [6, 6.07) is 12.6. The van der Waals surface area contributed by atoms with Gasteiger partial charge >= 0.3 is 0 Å². The van der Waals surface area contributed by atoms with Gasteiger partial charge < -0.3 is 25.3 Å². The van der Waals surface area contributed by atoms with Crippen molar-refractivity contribution in [1.82, 2.24) is 5.32 Å². The van der Waals surface area contributed by atoms with Crippen molar-refractivity contribution < 1.29 is 19.0 Å². The lowest BCUT2D eigenvalue weighted by Gasteiger charge is -2.17. The van der Waals surface area contributed by atoms with E-state index in [1.54, 1.807) is 12.1 Å². The van der Waals surface area contributed by atoms with Crippen molar-refractivity contribution >= 4 is 5.91 Å². The van der Waals surface area contributed by atoms with Gasteiger partial charge in [0, 0.05) is 12.6 Å². The van der Waals surface area contributed by atoms with E-state index in [1.807, 2.05) is 30.3 Å². The Bertz CT molecular complexity index is 689. The molecule has 0 aliphatic heterocycles. The third-order valence-electron chi connectivity index (χ3n) is 3.66. The Balaban J connectivity index is 2.15. The zero-order chi connectivity index (χ0) is 17.5. The fourth-order valence-electron chi connectivity index (χ4n) is 2.40. The molecule has 0 fully saturated rings. The summed E-state index contributed by atoms with van der Waals surface area (Å²) in [5, 5.41) is 2.82. The van der Waals surface area contributed by atoms with E-state index >= 15 is 0 Å². The second-order valence-corrected chi connectivity index (χ2v) is 5.11. The molecule has 0 saturated heterocycles. The van der Waals surface area contributed by atoms with E-state index in [-0.39, 0.29) is 11.9 Å². The first-order valence-electron chi connectivity index (χ1n) is 7.50. The molecular weight excluding hydrogens is 308 g/mol. The predicted molar refractivity (Wildman–Crippen MR) is 91.8 cm³/mol. The minimum absolute atomic E-state index is 0.290. The minimum atomic E-state index is -0.292. The van der Waals surface area contributed by atoms with Crippen LogP contribution in [-0.4, -0.2) is 33.8 Å². The molecule has 128 valence electrons. The molecular formula is C18H22N2O4. The van der Waals surface area contributed by atoms with Gasteiger partial charge in [0.25, 0.3) is 5.91 Å². The molecule has 3 N–H and O–H groups in total. The number of carbonyl (C=O) groups excluding carboxylic acids is 1. The zero-order valence-corrected chi connectivity index (χ0v) is 14.0. The summed E-state index contributed by atoms with van der Waals surface area (Å²) >= 11 is 0. The number of benzene rings is 2. The maximum atomic E-state index is 12.5. The highest BCUT2D eigenvalue weighted by atomic mass is 16.5. The van der Waals surface area contributed by atoms with Gasteiger partial charge in [0.2, 0.25) is 5.75 Å². The molecule has 0 heterocycles. The van der Waals surface area contributed by atoms with Gasteiger partial charge in [-0.3, -0.25) is 4.79 Å². The molecule has 2 rings (SSSR count). The highest BCUT2D eigenvalue weighted by Crippen LogP contribution is 2.39. The summed E-state index contributed by atoms with van der Waals surface area (Å²) in [5.41, 5.74) is 7.42. The first kappa shape index (κ1) is 17.6. The Kier molecular flexibility index (Phi) is 6.03. The normalized spacial score (nSPS) is 11.5. The molecule has 0 spiro atoms. The number of methoxy groups -OCH3 is 3. The second-order valence-electron chi connectivity index (χ2n) is 5.11. The molecule has 0 aliphatic rings. The van der Waals surface area contributed by atoms with Crippen LogP contribution < -0.4 is 25.3 Å². The Morgan fingerprint density at radius 2 is 1.67 bits per heavy atom. The van der Waals surface area contributed by atoms with Crippen molar-refractivity contribution in [1.29, 1.82) is 0 Å². The number of rotatable bonds is 7. The van der Waals surface area contributed by atoms with Crippen LogP contribution in [0.15, 0.2) is 42.5 Å². The number of carbonyl (C=O) groups is 1. The standard InChI is InChI=1S/C18H22N2O4/c1-22-15-10-9-13(16(23-2)17(15)24-3)18(21)20-11-14(19)12-7-5-4-6-8-12/h4-10,14H,11,19H2,1-3H3,(H,20,21). The highest BCUT2D eigenvalue weighted by molar-refractivity contribution is 5.98. The maximum Gasteiger partial charge on any atom is 0.255 e. The van der Waals surface area contributed by atoms with Crippen LogP contribution in [0.1, 0.15) is 22.0 Å². The molecule has 0 radical (unpaired) electrons. The van der Waals surface area contributed by atoms with E-state index in [0.717, 1.165) is 5.56 Å². The van der Waals surface area contributed by atoms with E-state index in [1.165, 1.54) is 21.3 Å². The monoisotopic (exact) mass is 330 g/mol. The fraction of sp³-hybridized carbons (Fsp3) is 0.278. The van der Waals surface area contributed by atoms with Crippen LogP contribution in [0.3, 0.4) is 0 Å². The molecule has 1 amide bonds. The van der Waals surface area contributed by atoms with Gasteiger partial charge in [0.1, 0.15) is 0 Å². The van der Waals surface area contributed by atoms with Gasteiger partial charge in [-0.05, 0) is 17.7 Å². The summed E-state index contributed by atoms with van der Waals surface area (Å²) in [4.78, 5) is 12.5. The average molecular weight is 330 g/mol. The lowest BCUT2D eigenvalue weighted by Crippen LogP contribution is -2.32. The molecule has 6 heteroatoms. The van der Waals surface area contributed by atoms with Gasteiger partial charge in [-0.15, -0.1) is 0 Å². The van der Waals surface area contributed by atoms with Crippen molar-refractivity contribution in [3.63, 3.8) is 0 Å². The van der Waals surface area contributed by atoms with Crippen LogP contribution in [0.2, 0.25) is 0 Å². The van der Waals surface area contributed by atoms with E-state index in [2.05, 4.69) is 5.32 Å². The molecule has 24 heavy (non-hydrogen) atoms. The molecule has 0 saturated carbocycles. The van der Waals surface area contributed by atoms with Crippen LogP contribution in [0, 0.1) is 0 Å². The van der Waals surface area contributed by atoms with Crippen molar-refractivity contribution in [2.75, 3.05) is 27.9 Å². The Labute approximate surface area is 141 Å². The molecule has 1 atom stereocenters. The largest absolute Gasteiger partial charge is 0.493 e. The Morgan fingerprint density at radius 1 is 1.00 bits per heavy atom. The third-order valence-corrected chi connectivity index (χ3v) is 3.66. The highest BCUT2D eigenvalue weighted by Gasteiger charge is 2.21. The fourth-order valence-corrected chi connectivity index (χ4v) is 2.40. The van der Waals surface area contributed by atoms with E-state index in [9.17, 15) is 4.79 Å². The van der Waals surface area contributed by atoms with Crippen LogP contribution in [-0.2, 0) is 0 Å². The van der Waals surface area contributed by atoms with Gasteiger partial charge in [0.15, 0.2) is 11.5 Å². The molecule has 2 aromatic carbocycles. The van der Waals surface area contributed by atoms with Crippen LogP contribution in [0.4, 0.5) is 0 Å². The molecule has 6 nitrogen and oxygen atoms in total. The third kappa shape index (κ3) is 3.78. The molecule has 0 aliphatic carbocycles. The smallest absolute Gasteiger partial charge is 0.255 e. The molecule has 0 aromatic heterocycles. The van der Waals surface area contributed by atoms with Crippen molar-refractivity contribution in [3.8, 4) is 17.2 Å². The van der Waals surface area contributed by atoms with Crippen molar-refractivity contribution in [2.45, 2.75) is 6.04 Å². The minimum Gasteiger partial charge on any atom is -0.493 e. The average Bonchev–Trinajstić information content (AvgIpc) is 2.64. The van der Waals surface area contributed by atoms with Gasteiger partial charge in [-0.1, -0.05) is 30.3 Å². The lowest BCUT2D eigenvalue weighted by atomic mass is 10.1. The second kappa shape index (κ2) is 8.21. The van der Waals surface area contributed by atoms with E-state index in [0.29, 0.717) is 29.4 Å². The van der Waals surface area contributed by atoms with Gasteiger partial charge in [0.05, 0.1) is 26.9 Å².